The minimum absolute atomic E-state index is 0.0634. The van der Waals surface area contributed by atoms with Gasteiger partial charge in [0.05, 0.1) is 6.61 Å². The molecule has 0 bridgehead atoms. The zero-order valence-electron chi connectivity index (χ0n) is 8.26. The van der Waals surface area contributed by atoms with Gasteiger partial charge in [-0.2, -0.15) is 0 Å². The molecule has 0 heterocycles. The molecule has 0 aromatic heterocycles. The molecular weight excluding hydrogens is 168 g/mol. The van der Waals surface area contributed by atoms with Gasteiger partial charge in [0.2, 0.25) is 0 Å². The Balaban J connectivity index is 2.80. The van der Waals surface area contributed by atoms with Crippen LogP contribution in [-0.4, -0.2) is 18.4 Å². The number of ether oxygens (including phenoxy) is 1. The number of carbonyl (C=O) groups is 2. The highest BCUT2D eigenvalue weighted by Crippen LogP contribution is 2.38. The first-order chi connectivity index (χ1) is 6.17. The fourth-order valence-corrected chi connectivity index (χ4v) is 1.93. The van der Waals surface area contributed by atoms with Gasteiger partial charge < -0.3 is 4.74 Å². The average Bonchev–Trinajstić information content (AvgIpc) is 2.48. The molecule has 1 aliphatic rings. The maximum absolute atomic E-state index is 11.6. The van der Waals surface area contributed by atoms with E-state index >= 15 is 0 Å². The van der Waals surface area contributed by atoms with Gasteiger partial charge in [0.25, 0.3) is 0 Å². The zero-order valence-corrected chi connectivity index (χ0v) is 8.26. The van der Waals surface area contributed by atoms with Crippen LogP contribution in [0, 0.1) is 5.41 Å². The van der Waals surface area contributed by atoms with Crippen LogP contribution in [0.3, 0.4) is 0 Å². The van der Waals surface area contributed by atoms with Crippen molar-refractivity contribution in [3.63, 3.8) is 0 Å². The number of hydrogen-bond acceptors (Lipinski definition) is 3. The average molecular weight is 184 g/mol. The van der Waals surface area contributed by atoms with E-state index in [0.717, 1.165) is 6.42 Å². The normalized spacial score (nSPS) is 27.7. The fourth-order valence-electron chi connectivity index (χ4n) is 1.93. The first kappa shape index (κ1) is 10.2. The Bertz CT molecular complexity index is 222. The van der Waals surface area contributed by atoms with Crippen molar-refractivity contribution in [2.45, 2.75) is 39.5 Å². The number of hydrogen-bond donors (Lipinski definition) is 0. The Morgan fingerprint density at radius 3 is 2.62 bits per heavy atom. The molecule has 0 aromatic rings. The minimum Gasteiger partial charge on any atom is -0.465 e. The minimum atomic E-state index is -0.796. The second-order valence-electron chi connectivity index (χ2n) is 3.43. The molecule has 0 unspecified atom stereocenters. The van der Waals surface area contributed by atoms with Crippen molar-refractivity contribution in [1.29, 1.82) is 0 Å². The molecule has 74 valence electrons. The monoisotopic (exact) mass is 184 g/mol. The summed E-state index contributed by atoms with van der Waals surface area (Å²) in [5.41, 5.74) is -0.796. The lowest BCUT2D eigenvalue weighted by Crippen LogP contribution is -2.36. The summed E-state index contributed by atoms with van der Waals surface area (Å²) in [6.07, 6.45) is 2.60. The van der Waals surface area contributed by atoms with Gasteiger partial charge >= 0.3 is 5.97 Å². The van der Waals surface area contributed by atoms with Crippen molar-refractivity contribution in [2.24, 2.45) is 5.41 Å². The molecule has 0 aliphatic heterocycles. The molecule has 1 rings (SSSR count). The standard InChI is InChI=1S/C10H16O3/c1-3-10(9(12)13-4-2)7-5-6-8(10)11/h3-7H2,1-2H3/t10-/m1/s1. The first-order valence-corrected chi connectivity index (χ1v) is 4.88. The summed E-state index contributed by atoms with van der Waals surface area (Å²) >= 11 is 0. The fraction of sp³-hybridized carbons (Fsp3) is 0.800. The first-order valence-electron chi connectivity index (χ1n) is 4.88. The van der Waals surface area contributed by atoms with Crippen molar-refractivity contribution in [1.82, 2.24) is 0 Å². The molecule has 1 atom stereocenters. The highest BCUT2D eigenvalue weighted by atomic mass is 16.5. The maximum atomic E-state index is 11.6. The van der Waals surface area contributed by atoms with Crippen LogP contribution in [0.5, 0.6) is 0 Å². The number of Topliss-reactive ketones (excluding diaryl/α,β-unsaturated/α-hetero) is 1. The van der Waals surface area contributed by atoms with Crippen LogP contribution in [0.2, 0.25) is 0 Å². The van der Waals surface area contributed by atoms with E-state index in [4.69, 9.17) is 4.74 Å². The Kier molecular flexibility index (Phi) is 3.07. The van der Waals surface area contributed by atoms with E-state index < -0.39 is 5.41 Å². The summed E-state index contributed by atoms with van der Waals surface area (Å²) in [4.78, 5) is 23.1. The van der Waals surface area contributed by atoms with Crippen LogP contribution in [0.15, 0.2) is 0 Å². The molecule has 3 nitrogen and oxygen atoms in total. The van der Waals surface area contributed by atoms with Gasteiger partial charge in [-0.15, -0.1) is 0 Å². The van der Waals surface area contributed by atoms with E-state index in [1.165, 1.54) is 0 Å². The van der Waals surface area contributed by atoms with Crippen LogP contribution in [0.25, 0.3) is 0 Å². The van der Waals surface area contributed by atoms with Gasteiger partial charge in [0.1, 0.15) is 11.2 Å². The SMILES string of the molecule is CCOC(=O)[C@]1(CC)CCCC1=O. The van der Waals surface area contributed by atoms with Crippen molar-refractivity contribution in [3.8, 4) is 0 Å². The molecule has 1 fully saturated rings. The number of ketones is 1. The quantitative estimate of drug-likeness (QED) is 0.495. The van der Waals surface area contributed by atoms with Gasteiger partial charge in [0, 0.05) is 6.42 Å². The van der Waals surface area contributed by atoms with E-state index in [2.05, 4.69) is 0 Å². The predicted octanol–water partition coefficient (Wildman–Crippen LogP) is 1.70. The topological polar surface area (TPSA) is 43.4 Å². The molecule has 13 heavy (non-hydrogen) atoms. The van der Waals surface area contributed by atoms with Gasteiger partial charge in [0.15, 0.2) is 0 Å². The van der Waals surface area contributed by atoms with E-state index in [0.29, 0.717) is 25.9 Å². The number of esters is 1. The summed E-state index contributed by atoms with van der Waals surface area (Å²) in [6, 6.07) is 0. The van der Waals surface area contributed by atoms with Gasteiger partial charge in [-0.3, -0.25) is 9.59 Å². The van der Waals surface area contributed by atoms with E-state index in [1.807, 2.05) is 6.92 Å². The summed E-state index contributed by atoms with van der Waals surface area (Å²) in [5.74, 6) is -0.256. The van der Waals surface area contributed by atoms with Gasteiger partial charge in [-0.25, -0.2) is 0 Å². The lowest BCUT2D eigenvalue weighted by atomic mass is 9.82. The van der Waals surface area contributed by atoms with Crippen LogP contribution < -0.4 is 0 Å². The summed E-state index contributed by atoms with van der Waals surface area (Å²) < 4.78 is 4.93. The highest BCUT2D eigenvalue weighted by molar-refractivity contribution is 6.05. The van der Waals surface area contributed by atoms with E-state index in [9.17, 15) is 9.59 Å². The lowest BCUT2D eigenvalue weighted by molar-refractivity contribution is -0.158. The highest BCUT2D eigenvalue weighted by Gasteiger charge is 2.48. The van der Waals surface area contributed by atoms with Crippen LogP contribution >= 0.6 is 0 Å². The largest absolute Gasteiger partial charge is 0.465 e. The molecule has 0 amide bonds. The zero-order chi connectivity index (χ0) is 9.90. The Morgan fingerprint density at radius 2 is 2.23 bits per heavy atom. The van der Waals surface area contributed by atoms with Crippen molar-refractivity contribution >= 4 is 11.8 Å². The van der Waals surface area contributed by atoms with Crippen LogP contribution in [-0.2, 0) is 14.3 Å². The molecule has 3 heteroatoms. The van der Waals surface area contributed by atoms with Gasteiger partial charge in [-0.1, -0.05) is 6.92 Å². The Morgan fingerprint density at radius 1 is 1.54 bits per heavy atom. The van der Waals surface area contributed by atoms with E-state index in [1.54, 1.807) is 6.92 Å². The number of rotatable bonds is 3. The molecular formula is C10H16O3. The summed E-state index contributed by atoms with van der Waals surface area (Å²) in [6.45, 7) is 3.99. The molecule has 0 spiro atoms. The third-order valence-corrected chi connectivity index (χ3v) is 2.81. The van der Waals surface area contributed by atoms with Crippen molar-refractivity contribution in [3.05, 3.63) is 0 Å². The molecule has 0 radical (unpaired) electrons. The second-order valence-corrected chi connectivity index (χ2v) is 3.43. The maximum Gasteiger partial charge on any atom is 0.319 e. The summed E-state index contributed by atoms with van der Waals surface area (Å²) in [7, 11) is 0. The third-order valence-electron chi connectivity index (χ3n) is 2.81. The smallest absolute Gasteiger partial charge is 0.319 e. The van der Waals surface area contributed by atoms with Gasteiger partial charge in [-0.05, 0) is 26.2 Å². The molecule has 0 N–H and O–H groups in total. The van der Waals surface area contributed by atoms with Crippen molar-refractivity contribution < 1.29 is 14.3 Å². The molecule has 0 aromatic carbocycles. The summed E-state index contributed by atoms with van der Waals surface area (Å²) in [5, 5.41) is 0. The number of carbonyl (C=O) groups excluding carboxylic acids is 2. The molecule has 1 aliphatic carbocycles. The van der Waals surface area contributed by atoms with E-state index in [-0.39, 0.29) is 11.8 Å². The Labute approximate surface area is 78.5 Å². The Hall–Kier alpha value is -0.860. The third kappa shape index (κ3) is 1.60. The molecule has 1 saturated carbocycles. The molecule has 0 saturated heterocycles. The second kappa shape index (κ2) is 3.90. The van der Waals surface area contributed by atoms with Crippen molar-refractivity contribution in [2.75, 3.05) is 6.61 Å². The van der Waals surface area contributed by atoms with Crippen LogP contribution in [0.4, 0.5) is 0 Å². The predicted molar refractivity (Wildman–Crippen MR) is 48.2 cm³/mol. The van der Waals surface area contributed by atoms with Crippen LogP contribution in [0.1, 0.15) is 39.5 Å². The lowest BCUT2D eigenvalue weighted by Gasteiger charge is -2.22.